The van der Waals surface area contributed by atoms with Gasteiger partial charge in [-0.2, -0.15) is 17.0 Å². The first-order valence-electron chi connectivity index (χ1n) is 9.88. The van der Waals surface area contributed by atoms with Gasteiger partial charge in [0.15, 0.2) is 0 Å². The van der Waals surface area contributed by atoms with Crippen LogP contribution in [-0.2, 0) is 19.8 Å². The molecule has 2 amide bonds. The van der Waals surface area contributed by atoms with Crippen molar-refractivity contribution in [3.63, 3.8) is 0 Å². The lowest BCUT2D eigenvalue weighted by Gasteiger charge is -2.38. The van der Waals surface area contributed by atoms with E-state index in [2.05, 4.69) is 10.2 Å². The van der Waals surface area contributed by atoms with Gasteiger partial charge in [-0.05, 0) is 24.3 Å². The predicted octanol–water partition coefficient (Wildman–Crippen LogP) is -0.659. The first kappa shape index (κ1) is 22.3. The molecule has 1 atom stereocenters. The molecule has 30 heavy (non-hydrogen) atoms. The number of methoxy groups -OCH3 is 1. The van der Waals surface area contributed by atoms with E-state index in [1.807, 2.05) is 24.3 Å². The van der Waals surface area contributed by atoms with Crippen LogP contribution in [-0.4, -0.2) is 100 Å². The van der Waals surface area contributed by atoms with Crippen LogP contribution in [0.15, 0.2) is 24.3 Å². The topological polar surface area (TPSA) is 102 Å². The highest BCUT2D eigenvalue weighted by molar-refractivity contribution is 7.86. The summed E-state index contributed by atoms with van der Waals surface area (Å²) >= 11 is 0. The van der Waals surface area contributed by atoms with E-state index in [1.54, 1.807) is 12.0 Å². The lowest BCUT2D eigenvalue weighted by molar-refractivity contribution is -0.137. The van der Waals surface area contributed by atoms with Gasteiger partial charge in [0, 0.05) is 59.1 Å². The quantitative estimate of drug-likeness (QED) is 0.632. The van der Waals surface area contributed by atoms with Crippen LogP contribution in [0.5, 0.6) is 5.75 Å². The molecule has 166 valence electrons. The average Bonchev–Trinajstić information content (AvgIpc) is 2.75. The molecule has 0 radical (unpaired) electrons. The molecule has 2 fully saturated rings. The van der Waals surface area contributed by atoms with Crippen molar-refractivity contribution in [2.24, 2.45) is 0 Å². The molecule has 0 unspecified atom stereocenters. The Bertz CT molecular complexity index is 866. The number of nitrogens with zero attached hydrogens (tertiary/aromatic N) is 4. The smallest absolute Gasteiger partial charge is 0.282 e. The van der Waals surface area contributed by atoms with Crippen LogP contribution >= 0.6 is 0 Å². The summed E-state index contributed by atoms with van der Waals surface area (Å²) in [5.41, 5.74) is 1.05. The predicted molar refractivity (Wildman–Crippen MR) is 113 cm³/mol. The molecule has 0 aromatic heterocycles. The van der Waals surface area contributed by atoms with E-state index < -0.39 is 22.2 Å². The molecule has 2 heterocycles. The fourth-order valence-electron chi connectivity index (χ4n) is 3.68. The van der Waals surface area contributed by atoms with E-state index in [1.165, 1.54) is 14.1 Å². The number of nitrogens with one attached hydrogen (secondary N) is 1. The standard InChI is InChI=1S/C19H29N5O5S/c1-21(2)30(27,28)24-9-8-20-19(26)17(24)14-18(25)23-12-10-22(11-13-23)15-4-6-16(29-3)7-5-15/h4-7,17H,8-14H2,1-3H3,(H,20,26)/t17-/m0/s1. The van der Waals surface area contributed by atoms with Gasteiger partial charge in [0.25, 0.3) is 10.2 Å². The number of benzene rings is 1. The summed E-state index contributed by atoms with van der Waals surface area (Å²) in [7, 11) is 0.661. The molecule has 1 aromatic carbocycles. The Balaban J connectivity index is 1.62. The normalized spacial score (nSPS) is 20.9. The summed E-state index contributed by atoms with van der Waals surface area (Å²) in [5.74, 6) is 0.137. The van der Waals surface area contributed by atoms with E-state index in [0.29, 0.717) is 26.2 Å². The van der Waals surface area contributed by atoms with Crippen molar-refractivity contribution in [1.29, 1.82) is 0 Å². The van der Waals surface area contributed by atoms with Crippen molar-refractivity contribution in [1.82, 2.24) is 18.8 Å². The molecule has 3 rings (SSSR count). The van der Waals surface area contributed by atoms with Gasteiger partial charge in [0.05, 0.1) is 13.5 Å². The number of piperazine rings is 2. The molecule has 2 aliphatic heterocycles. The summed E-state index contributed by atoms with van der Waals surface area (Å²) in [5, 5.41) is 2.67. The Morgan fingerprint density at radius 1 is 1.13 bits per heavy atom. The van der Waals surface area contributed by atoms with Gasteiger partial charge < -0.3 is 19.9 Å². The van der Waals surface area contributed by atoms with E-state index in [0.717, 1.165) is 20.0 Å². The second-order valence-corrected chi connectivity index (χ2v) is 9.57. The number of hydrogen-bond acceptors (Lipinski definition) is 6. The minimum atomic E-state index is -3.79. The zero-order valence-corrected chi connectivity index (χ0v) is 18.4. The molecule has 11 heteroatoms. The van der Waals surface area contributed by atoms with Crippen molar-refractivity contribution in [3.05, 3.63) is 24.3 Å². The minimum absolute atomic E-state index is 0.148. The zero-order valence-electron chi connectivity index (χ0n) is 17.6. The summed E-state index contributed by atoms with van der Waals surface area (Å²) in [6, 6.07) is 6.72. The first-order chi connectivity index (χ1) is 14.2. The lowest BCUT2D eigenvalue weighted by atomic mass is 10.1. The molecular weight excluding hydrogens is 410 g/mol. The lowest BCUT2D eigenvalue weighted by Crippen LogP contribution is -2.60. The molecule has 2 aliphatic rings. The van der Waals surface area contributed by atoms with E-state index in [4.69, 9.17) is 4.74 Å². The highest BCUT2D eigenvalue weighted by Gasteiger charge is 2.40. The third-order valence-corrected chi connectivity index (χ3v) is 7.43. The number of carbonyl (C=O) groups excluding carboxylic acids is 2. The number of hydrogen-bond donors (Lipinski definition) is 1. The molecule has 0 spiro atoms. The fraction of sp³-hybridized carbons (Fsp3) is 0.579. The largest absolute Gasteiger partial charge is 0.497 e. The Labute approximate surface area is 177 Å². The molecule has 1 N–H and O–H groups in total. The van der Waals surface area contributed by atoms with Crippen molar-refractivity contribution >= 4 is 27.7 Å². The molecule has 1 aromatic rings. The second-order valence-electron chi connectivity index (χ2n) is 7.48. The van der Waals surface area contributed by atoms with Crippen LogP contribution in [0.2, 0.25) is 0 Å². The van der Waals surface area contributed by atoms with Gasteiger partial charge in [0.1, 0.15) is 11.8 Å². The Hall–Kier alpha value is -2.37. The maximum Gasteiger partial charge on any atom is 0.282 e. The van der Waals surface area contributed by atoms with Gasteiger partial charge in [-0.3, -0.25) is 9.59 Å². The second kappa shape index (κ2) is 9.19. The summed E-state index contributed by atoms with van der Waals surface area (Å²) < 4.78 is 32.5. The first-order valence-corrected chi connectivity index (χ1v) is 11.3. The van der Waals surface area contributed by atoms with E-state index in [-0.39, 0.29) is 25.4 Å². The zero-order chi connectivity index (χ0) is 21.9. The molecular formula is C19H29N5O5S. The summed E-state index contributed by atoms with van der Waals surface area (Å²) in [4.78, 5) is 29.1. The summed E-state index contributed by atoms with van der Waals surface area (Å²) in [6.45, 7) is 2.73. The number of rotatable bonds is 6. The number of anilines is 1. The van der Waals surface area contributed by atoms with Crippen LogP contribution in [0.1, 0.15) is 6.42 Å². The maximum absolute atomic E-state index is 12.9. The minimum Gasteiger partial charge on any atom is -0.497 e. The van der Waals surface area contributed by atoms with Crippen molar-refractivity contribution in [2.45, 2.75) is 12.5 Å². The highest BCUT2D eigenvalue weighted by atomic mass is 32.2. The Morgan fingerprint density at radius 3 is 2.33 bits per heavy atom. The van der Waals surface area contributed by atoms with Gasteiger partial charge in [-0.25, -0.2) is 0 Å². The number of amides is 2. The van der Waals surface area contributed by atoms with E-state index >= 15 is 0 Å². The van der Waals surface area contributed by atoms with Crippen molar-refractivity contribution < 1.29 is 22.7 Å². The van der Waals surface area contributed by atoms with Crippen LogP contribution in [0.4, 0.5) is 5.69 Å². The molecule has 0 aliphatic carbocycles. The van der Waals surface area contributed by atoms with Gasteiger partial charge in [-0.15, -0.1) is 0 Å². The SMILES string of the molecule is COc1ccc(N2CCN(C(=O)C[C@H]3C(=O)NCCN3S(=O)(=O)N(C)C)CC2)cc1. The van der Waals surface area contributed by atoms with Crippen LogP contribution in [0, 0.1) is 0 Å². The van der Waals surface area contributed by atoms with Gasteiger partial charge in [0.2, 0.25) is 11.8 Å². The van der Waals surface area contributed by atoms with Crippen molar-refractivity contribution in [3.8, 4) is 5.75 Å². The molecule has 2 saturated heterocycles. The number of ether oxygens (including phenoxy) is 1. The van der Waals surface area contributed by atoms with E-state index in [9.17, 15) is 18.0 Å². The van der Waals surface area contributed by atoms with Crippen molar-refractivity contribution in [2.75, 3.05) is 65.4 Å². The monoisotopic (exact) mass is 439 g/mol. The third kappa shape index (κ3) is 4.68. The fourth-order valence-corrected chi connectivity index (χ4v) is 4.91. The van der Waals surface area contributed by atoms with Crippen LogP contribution in [0.3, 0.4) is 0 Å². The molecule has 0 saturated carbocycles. The highest BCUT2D eigenvalue weighted by Crippen LogP contribution is 2.22. The van der Waals surface area contributed by atoms with Crippen LogP contribution < -0.4 is 15.0 Å². The van der Waals surface area contributed by atoms with Gasteiger partial charge >= 0.3 is 0 Å². The Kier molecular flexibility index (Phi) is 6.84. The molecule has 10 nitrogen and oxygen atoms in total. The maximum atomic E-state index is 12.9. The number of carbonyl (C=O) groups is 2. The molecule has 0 bridgehead atoms. The third-order valence-electron chi connectivity index (χ3n) is 5.48. The van der Waals surface area contributed by atoms with Gasteiger partial charge in [-0.1, -0.05) is 0 Å². The summed E-state index contributed by atoms with van der Waals surface area (Å²) in [6.07, 6.45) is -0.165. The Morgan fingerprint density at radius 2 is 1.77 bits per heavy atom. The van der Waals surface area contributed by atoms with Crippen LogP contribution in [0.25, 0.3) is 0 Å². The average molecular weight is 440 g/mol.